The number of carbonyl (C=O) groups is 2. The number of amides is 1. The van der Waals surface area contributed by atoms with E-state index in [0.29, 0.717) is 12.8 Å². The first kappa shape index (κ1) is 16.7. The second kappa shape index (κ2) is 8.74. The van der Waals surface area contributed by atoms with Crippen molar-refractivity contribution in [2.75, 3.05) is 0 Å². The molecule has 0 saturated heterocycles. The van der Waals surface area contributed by atoms with Crippen LogP contribution in [0.15, 0.2) is 55.6 Å². The average Bonchev–Trinajstić information content (AvgIpc) is 2.47. The summed E-state index contributed by atoms with van der Waals surface area (Å²) in [5.41, 5.74) is 0.870. The first-order valence-electron chi connectivity index (χ1n) is 6.87. The molecule has 4 heteroatoms. The van der Waals surface area contributed by atoms with Crippen LogP contribution in [0.2, 0.25) is 0 Å². The second-order valence-corrected chi connectivity index (χ2v) is 4.83. The Morgan fingerprint density at radius 2 is 1.71 bits per heavy atom. The van der Waals surface area contributed by atoms with Crippen LogP contribution >= 0.6 is 0 Å². The Morgan fingerprint density at radius 3 is 2.19 bits per heavy atom. The fourth-order valence-electron chi connectivity index (χ4n) is 2.05. The Bertz CT molecular complexity index is 486. The Balaban J connectivity index is 2.73. The van der Waals surface area contributed by atoms with Gasteiger partial charge in [0.05, 0.1) is 0 Å². The number of hydrogen-bond acceptors (Lipinski definition) is 2. The van der Waals surface area contributed by atoms with Crippen molar-refractivity contribution in [3.05, 3.63) is 61.2 Å². The summed E-state index contributed by atoms with van der Waals surface area (Å²) >= 11 is 0. The third kappa shape index (κ3) is 5.65. The minimum atomic E-state index is -1.04. The van der Waals surface area contributed by atoms with E-state index in [2.05, 4.69) is 18.5 Å². The summed E-state index contributed by atoms with van der Waals surface area (Å²) in [7, 11) is 0. The zero-order valence-electron chi connectivity index (χ0n) is 12.0. The molecule has 0 aliphatic heterocycles. The lowest BCUT2D eigenvalue weighted by Gasteiger charge is -2.19. The predicted octanol–water partition coefficient (Wildman–Crippen LogP) is 2.57. The van der Waals surface area contributed by atoms with E-state index in [0.717, 1.165) is 5.56 Å². The average molecular weight is 287 g/mol. The number of rotatable bonds is 9. The molecule has 1 aromatic carbocycles. The summed E-state index contributed by atoms with van der Waals surface area (Å²) in [6, 6.07) is 8.29. The van der Waals surface area contributed by atoms with Crippen molar-refractivity contribution in [3.8, 4) is 0 Å². The van der Waals surface area contributed by atoms with Gasteiger partial charge in [-0.1, -0.05) is 42.5 Å². The summed E-state index contributed by atoms with van der Waals surface area (Å²) in [6.07, 6.45) is 4.56. The molecule has 112 valence electrons. The molecule has 0 heterocycles. The molecule has 1 aromatic rings. The van der Waals surface area contributed by atoms with Gasteiger partial charge in [-0.15, -0.1) is 13.2 Å². The van der Waals surface area contributed by atoms with Gasteiger partial charge in [0.25, 0.3) is 0 Å². The van der Waals surface area contributed by atoms with Crippen molar-refractivity contribution in [1.82, 2.24) is 5.32 Å². The first-order valence-corrected chi connectivity index (χ1v) is 6.87. The SMILES string of the molecule is C=CCC(CC=C)C(=O)N[C@H](Cc1ccccc1)C(=O)O. The first-order chi connectivity index (χ1) is 10.1. The van der Waals surface area contributed by atoms with Crippen LogP contribution < -0.4 is 5.32 Å². The lowest BCUT2D eigenvalue weighted by Crippen LogP contribution is -2.44. The smallest absolute Gasteiger partial charge is 0.326 e. The highest BCUT2D eigenvalue weighted by atomic mass is 16.4. The van der Waals surface area contributed by atoms with Crippen LogP contribution in [-0.2, 0) is 16.0 Å². The van der Waals surface area contributed by atoms with E-state index in [-0.39, 0.29) is 18.2 Å². The monoisotopic (exact) mass is 287 g/mol. The molecule has 0 bridgehead atoms. The zero-order valence-corrected chi connectivity index (χ0v) is 12.0. The van der Waals surface area contributed by atoms with Gasteiger partial charge in [0, 0.05) is 12.3 Å². The number of benzene rings is 1. The van der Waals surface area contributed by atoms with Crippen LogP contribution in [0.5, 0.6) is 0 Å². The molecule has 1 atom stereocenters. The van der Waals surface area contributed by atoms with Gasteiger partial charge in [0.2, 0.25) is 5.91 Å². The van der Waals surface area contributed by atoms with E-state index < -0.39 is 12.0 Å². The molecule has 4 nitrogen and oxygen atoms in total. The molecule has 0 aliphatic rings. The third-order valence-corrected chi connectivity index (χ3v) is 3.17. The van der Waals surface area contributed by atoms with Gasteiger partial charge in [0.15, 0.2) is 0 Å². The van der Waals surface area contributed by atoms with Crippen LogP contribution in [0, 0.1) is 5.92 Å². The second-order valence-electron chi connectivity index (χ2n) is 4.83. The van der Waals surface area contributed by atoms with Crippen LogP contribution in [0.1, 0.15) is 18.4 Å². The summed E-state index contributed by atoms with van der Waals surface area (Å²) in [5, 5.41) is 11.9. The third-order valence-electron chi connectivity index (χ3n) is 3.17. The predicted molar refractivity (Wildman–Crippen MR) is 82.8 cm³/mol. The normalized spacial score (nSPS) is 11.7. The number of hydrogen-bond donors (Lipinski definition) is 2. The van der Waals surface area contributed by atoms with Gasteiger partial charge < -0.3 is 10.4 Å². The van der Waals surface area contributed by atoms with Crippen LogP contribution in [0.3, 0.4) is 0 Å². The van der Waals surface area contributed by atoms with E-state index >= 15 is 0 Å². The Kier molecular flexibility index (Phi) is 6.95. The van der Waals surface area contributed by atoms with Crippen molar-refractivity contribution >= 4 is 11.9 Å². The number of carbonyl (C=O) groups excluding carboxylic acids is 1. The molecule has 1 amide bonds. The van der Waals surface area contributed by atoms with Crippen LogP contribution in [0.4, 0.5) is 0 Å². The maximum absolute atomic E-state index is 12.2. The molecule has 2 N–H and O–H groups in total. The van der Waals surface area contributed by atoms with E-state index in [1.54, 1.807) is 12.2 Å². The van der Waals surface area contributed by atoms with Gasteiger partial charge in [-0.2, -0.15) is 0 Å². The fourth-order valence-corrected chi connectivity index (χ4v) is 2.05. The number of carboxylic acids is 1. The molecular formula is C17H21NO3. The standard InChI is InChI=1S/C17H21NO3/c1-3-8-14(9-4-2)16(19)18-15(17(20)21)12-13-10-6-5-7-11-13/h3-7,10-11,14-15H,1-2,8-9,12H2,(H,18,19)(H,20,21)/t15-/m1/s1. The Hall–Kier alpha value is -2.36. The van der Waals surface area contributed by atoms with Gasteiger partial charge in [0.1, 0.15) is 6.04 Å². The van der Waals surface area contributed by atoms with E-state index in [9.17, 15) is 14.7 Å². The highest BCUT2D eigenvalue weighted by Crippen LogP contribution is 2.11. The molecular weight excluding hydrogens is 266 g/mol. The molecule has 0 aromatic heterocycles. The van der Waals surface area contributed by atoms with Gasteiger partial charge in [-0.05, 0) is 18.4 Å². The minimum absolute atomic E-state index is 0.261. The summed E-state index contributed by atoms with van der Waals surface area (Å²) in [4.78, 5) is 23.5. The molecule has 1 rings (SSSR count). The number of allylic oxidation sites excluding steroid dienone is 2. The molecule has 0 fully saturated rings. The lowest BCUT2D eigenvalue weighted by molar-refractivity contribution is -0.142. The fraction of sp³-hybridized carbons (Fsp3) is 0.294. The highest BCUT2D eigenvalue weighted by Gasteiger charge is 2.24. The lowest BCUT2D eigenvalue weighted by atomic mass is 9.99. The summed E-state index contributed by atoms with van der Waals surface area (Å²) in [6.45, 7) is 7.23. The number of nitrogens with one attached hydrogen (secondary N) is 1. The minimum Gasteiger partial charge on any atom is -0.480 e. The van der Waals surface area contributed by atoms with Crippen molar-refractivity contribution in [2.24, 2.45) is 5.92 Å². The van der Waals surface area contributed by atoms with E-state index in [1.165, 1.54) is 0 Å². The van der Waals surface area contributed by atoms with E-state index in [1.807, 2.05) is 30.3 Å². The van der Waals surface area contributed by atoms with Crippen LogP contribution in [0.25, 0.3) is 0 Å². The van der Waals surface area contributed by atoms with Gasteiger partial charge in [-0.25, -0.2) is 4.79 Å². The Labute approximate surface area is 125 Å². The molecule has 0 spiro atoms. The zero-order chi connectivity index (χ0) is 15.7. The van der Waals surface area contributed by atoms with Crippen molar-refractivity contribution < 1.29 is 14.7 Å². The van der Waals surface area contributed by atoms with Crippen molar-refractivity contribution in [2.45, 2.75) is 25.3 Å². The summed E-state index contributed by atoms with van der Waals surface area (Å²) < 4.78 is 0. The molecule has 0 aliphatic carbocycles. The maximum atomic E-state index is 12.2. The largest absolute Gasteiger partial charge is 0.480 e. The van der Waals surface area contributed by atoms with Crippen molar-refractivity contribution in [3.63, 3.8) is 0 Å². The quantitative estimate of drug-likeness (QED) is 0.686. The number of carboxylic acid groups (broad SMARTS) is 1. The Morgan fingerprint density at radius 1 is 1.14 bits per heavy atom. The number of aliphatic carboxylic acids is 1. The van der Waals surface area contributed by atoms with Crippen LogP contribution in [-0.4, -0.2) is 23.0 Å². The highest BCUT2D eigenvalue weighted by molar-refractivity contribution is 5.85. The molecule has 21 heavy (non-hydrogen) atoms. The van der Waals surface area contributed by atoms with E-state index in [4.69, 9.17) is 0 Å². The van der Waals surface area contributed by atoms with Crippen molar-refractivity contribution in [1.29, 1.82) is 0 Å². The van der Waals surface area contributed by atoms with Gasteiger partial charge >= 0.3 is 5.97 Å². The molecule has 0 radical (unpaired) electrons. The summed E-state index contributed by atoms with van der Waals surface area (Å²) in [5.74, 6) is -1.64. The van der Waals surface area contributed by atoms with Gasteiger partial charge in [-0.3, -0.25) is 4.79 Å². The molecule has 0 unspecified atom stereocenters. The molecule has 0 saturated carbocycles. The maximum Gasteiger partial charge on any atom is 0.326 e. The topological polar surface area (TPSA) is 66.4 Å².